The van der Waals surface area contributed by atoms with Crippen molar-refractivity contribution in [2.45, 2.75) is 52.0 Å². The topological polar surface area (TPSA) is 41.3 Å². The summed E-state index contributed by atoms with van der Waals surface area (Å²) in [6, 6.07) is 0.637. The maximum absolute atomic E-state index is 5.52. The third-order valence-electron chi connectivity index (χ3n) is 2.62. The van der Waals surface area contributed by atoms with Crippen molar-refractivity contribution < 1.29 is 0 Å². The minimum absolute atomic E-state index is 0.637. The molecule has 0 aliphatic carbocycles. The van der Waals surface area contributed by atoms with Gasteiger partial charge in [0.25, 0.3) is 0 Å². The standard InChI is InChI=1S/C12H28N3/c1-4-7-8-12(6-3)15(11-5-2)14-10-9-13/h12,14H,1,4-11,13H2,2-3H3. The minimum atomic E-state index is 0.637. The molecule has 1 unspecified atom stereocenters. The van der Waals surface area contributed by atoms with Crippen LogP contribution in [0.1, 0.15) is 46.0 Å². The van der Waals surface area contributed by atoms with Crippen molar-refractivity contribution in [2.75, 3.05) is 19.6 Å². The van der Waals surface area contributed by atoms with Gasteiger partial charge in [0.2, 0.25) is 0 Å². The Balaban J connectivity index is 4.00. The molecule has 0 bridgehead atoms. The molecule has 0 saturated carbocycles. The smallest absolute Gasteiger partial charge is 0.0240 e. The number of hydrogen-bond donors (Lipinski definition) is 2. The lowest BCUT2D eigenvalue weighted by molar-refractivity contribution is 0.113. The second-order valence-electron chi connectivity index (χ2n) is 3.95. The molecule has 15 heavy (non-hydrogen) atoms. The summed E-state index contributed by atoms with van der Waals surface area (Å²) in [7, 11) is 0. The number of nitrogens with zero attached hydrogens (tertiary/aromatic N) is 1. The van der Waals surface area contributed by atoms with Gasteiger partial charge in [-0.25, -0.2) is 5.01 Å². The van der Waals surface area contributed by atoms with Crippen molar-refractivity contribution >= 4 is 0 Å². The first-order chi connectivity index (χ1) is 7.29. The van der Waals surface area contributed by atoms with E-state index in [4.69, 9.17) is 5.73 Å². The van der Waals surface area contributed by atoms with Crippen LogP contribution in [0, 0.1) is 6.92 Å². The fourth-order valence-corrected chi connectivity index (χ4v) is 1.80. The number of hydrogen-bond acceptors (Lipinski definition) is 3. The van der Waals surface area contributed by atoms with E-state index in [9.17, 15) is 0 Å². The van der Waals surface area contributed by atoms with Gasteiger partial charge in [-0.3, -0.25) is 5.43 Å². The van der Waals surface area contributed by atoms with Crippen LogP contribution in [-0.4, -0.2) is 30.7 Å². The van der Waals surface area contributed by atoms with E-state index in [2.05, 4.69) is 31.2 Å². The number of rotatable bonds is 10. The lowest BCUT2D eigenvalue weighted by Gasteiger charge is -2.31. The van der Waals surface area contributed by atoms with Crippen LogP contribution >= 0.6 is 0 Å². The summed E-state index contributed by atoms with van der Waals surface area (Å²) in [6.45, 7) is 11.0. The van der Waals surface area contributed by atoms with Gasteiger partial charge in [0.15, 0.2) is 0 Å². The maximum Gasteiger partial charge on any atom is 0.0240 e. The largest absolute Gasteiger partial charge is 0.329 e. The zero-order chi connectivity index (χ0) is 11.5. The lowest BCUT2D eigenvalue weighted by atomic mass is 10.1. The SMILES string of the molecule is [CH2]CCCC(CC)N(CCC)NCCN. The third kappa shape index (κ3) is 6.88. The van der Waals surface area contributed by atoms with Crippen LogP contribution in [0.5, 0.6) is 0 Å². The van der Waals surface area contributed by atoms with Crippen molar-refractivity contribution in [1.29, 1.82) is 0 Å². The van der Waals surface area contributed by atoms with Crippen LogP contribution < -0.4 is 11.2 Å². The fourth-order valence-electron chi connectivity index (χ4n) is 1.80. The highest BCUT2D eigenvalue weighted by molar-refractivity contribution is 4.67. The average molecular weight is 214 g/mol. The van der Waals surface area contributed by atoms with Crippen LogP contribution in [0.3, 0.4) is 0 Å². The molecule has 0 aromatic carbocycles. The zero-order valence-electron chi connectivity index (χ0n) is 10.5. The molecule has 91 valence electrons. The Labute approximate surface area is 95.4 Å². The van der Waals surface area contributed by atoms with E-state index in [-0.39, 0.29) is 0 Å². The summed E-state index contributed by atoms with van der Waals surface area (Å²) < 4.78 is 0. The lowest BCUT2D eigenvalue weighted by Crippen LogP contribution is -2.47. The molecule has 1 atom stereocenters. The van der Waals surface area contributed by atoms with E-state index in [1.807, 2.05) is 0 Å². The van der Waals surface area contributed by atoms with Gasteiger partial charge in [-0.15, -0.1) is 0 Å². The van der Waals surface area contributed by atoms with Gasteiger partial charge in [-0.1, -0.05) is 33.6 Å². The molecule has 3 heteroatoms. The Morgan fingerprint density at radius 3 is 2.60 bits per heavy atom. The number of nitrogens with two attached hydrogens (primary N) is 1. The van der Waals surface area contributed by atoms with Crippen molar-refractivity contribution in [2.24, 2.45) is 5.73 Å². The minimum Gasteiger partial charge on any atom is -0.329 e. The summed E-state index contributed by atoms with van der Waals surface area (Å²) >= 11 is 0. The van der Waals surface area contributed by atoms with Gasteiger partial charge >= 0.3 is 0 Å². The molecule has 1 radical (unpaired) electrons. The van der Waals surface area contributed by atoms with E-state index < -0.39 is 0 Å². The molecule has 0 amide bonds. The van der Waals surface area contributed by atoms with Crippen molar-refractivity contribution in [3.63, 3.8) is 0 Å². The summed E-state index contributed by atoms with van der Waals surface area (Å²) in [5.74, 6) is 0. The Bertz CT molecular complexity index is 128. The molecule has 3 N–H and O–H groups in total. The summed E-state index contributed by atoms with van der Waals surface area (Å²) in [5, 5.41) is 2.36. The Kier molecular flexibility index (Phi) is 10.3. The quantitative estimate of drug-likeness (QED) is 0.546. The molecule has 0 aliphatic heterocycles. The predicted molar refractivity (Wildman–Crippen MR) is 67.3 cm³/mol. The molecule has 0 spiro atoms. The van der Waals surface area contributed by atoms with E-state index >= 15 is 0 Å². The maximum atomic E-state index is 5.52. The monoisotopic (exact) mass is 214 g/mol. The molecule has 0 rings (SSSR count). The second kappa shape index (κ2) is 10.4. The Hall–Kier alpha value is -0.120. The molecule has 3 nitrogen and oxygen atoms in total. The second-order valence-corrected chi connectivity index (χ2v) is 3.95. The van der Waals surface area contributed by atoms with Crippen LogP contribution in [0.25, 0.3) is 0 Å². The summed E-state index contributed by atoms with van der Waals surface area (Å²) in [4.78, 5) is 0. The molecule has 0 aromatic rings. The first kappa shape index (κ1) is 14.9. The number of hydrazine groups is 1. The Morgan fingerprint density at radius 2 is 2.13 bits per heavy atom. The van der Waals surface area contributed by atoms with Crippen LogP contribution in [0.15, 0.2) is 0 Å². The molecular formula is C12H28N3. The average Bonchev–Trinajstić information content (AvgIpc) is 2.26. The number of unbranched alkanes of at least 4 members (excludes halogenated alkanes) is 1. The van der Waals surface area contributed by atoms with E-state index in [1.165, 1.54) is 25.7 Å². The molecule has 0 fully saturated rings. The van der Waals surface area contributed by atoms with Crippen molar-refractivity contribution in [3.05, 3.63) is 6.92 Å². The normalized spacial score (nSPS) is 13.4. The highest BCUT2D eigenvalue weighted by Gasteiger charge is 2.14. The van der Waals surface area contributed by atoms with E-state index in [0.29, 0.717) is 12.6 Å². The first-order valence-electron chi connectivity index (χ1n) is 6.29. The van der Waals surface area contributed by atoms with Crippen LogP contribution in [-0.2, 0) is 0 Å². The van der Waals surface area contributed by atoms with Crippen molar-refractivity contribution in [3.8, 4) is 0 Å². The van der Waals surface area contributed by atoms with Crippen molar-refractivity contribution in [1.82, 2.24) is 10.4 Å². The first-order valence-corrected chi connectivity index (χ1v) is 6.29. The predicted octanol–water partition coefficient (Wildman–Crippen LogP) is 1.94. The fraction of sp³-hybridized carbons (Fsp3) is 0.917. The molecule has 0 saturated heterocycles. The van der Waals surface area contributed by atoms with Gasteiger partial charge in [-0.2, -0.15) is 0 Å². The summed E-state index contributed by atoms with van der Waals surface area (Å²) in [6.07, 6.45) is 5.85. The third-order valence-corrected chi connectivity index (χ3v) is 2.62. The molecular weight excluding hydrogens is 186 g/mol. The summed E-state index contributed by atoms with van der Waals surface area (Å²) in [5.41, 5.74) is 8.93. The highest BCUT2D eigenvalue weighted by atomic mass is 15.5. The molecule has 0 heterocycles. The van der Waals surface area contributed by atoms with Gasteiger partial charge in [-0.05, 0) is 19.3 Å². The van der Waals surface area contributed by atoms with Crippen LogP contribution in [0.2, 0.25) is 0 Å². The zero-order valence-corrected chi connectivity index (χ0v) is 10.5. The number of nitrogens with one attached hydrogen (secondary N) is 1. The molecule has 0 aliphatic rings. The van der Waals surface area contributed by atoms with E-state index in [1.54, 1.807) is 0 Å². The van der Waals surface area contributed by atoms with Gasteiger partial charge in [0, 0.05) is 25.7 Å². The van der Waals surface area contributed by atoms with Crippen LogP contribution in [0.4, 0.5) is 0 Å². The van der Waals surface area contributed by atoms with Gasteiger partial charge < -0.3 is 5.73 Å². The van der Waals surface area contributed by atoms with E-state index in [0.717, 1.165) is 19.5 Å². The highest BCUT2D eigenvalue weighted by Crippen LogP contribution is 2.10. The molecule has 0 aromatic heterocycles. The van der Waals surface area contributed by atoms with Gasteiger partial charge in [0.1, 0.15) is 0 Å². The Morgan fingerprint density at radius 1 is 1.40 bits per heavy atom. The van der Waals surface area contributed by atoms with Gasteiger partial charge in [0.05, 0.1) is 0 Å².